The molecule has 0 aliphatic rings. The highest BCUT2D eigenvalue weighted by molar-refractivity contribution is 7.89. The molecule has 0 unspecified atom stereocenters. The fraction of sp³-hybridized carbons (Fsp3) is 0.368. The van der Waals surface area contributed by atoms with Crippen molar-refractivity contribution < 1.29 is 13.2 Å². The SMILES string of the molecule is CCCCNc1cc(C(C)C)cc(S(N)(=O)=O)c1Oc1ccccc1. The van der Waals surface area contributed by atoms with E-state index in [0.717, 1.165) is 24.9 Å². The van der Waals surface area contributed by atoms with Gasteiger partial charge in [0.1, 0.15) is 10.6 Å². The molecule has 2 aromatic rings. The maximum Gasteiger partial charge on any atom is 0.241 e. The Morgan fingerprint density at radius 3 is 2.40 bits per heavy atom. The van der Waals surface area contributed by atoms with Crippen LogP contribution < -0.4 is 15.2 Å². The average molecular weight is 362 g/mol. The molecule has 0 fully saturated rings. The van der Waals surface area contributed by atoms with Gasteiger partial charge in [-0.15, -0.1) is 0 Å². The topological polar surface area (TPSA) is 81.4 Å². The van der Waals surface area contributed by atoms with E-state index < -0.39 is 10.0 Å². The first-order chi connectivity index (χ1) is 11.8. The molecule has 0 aliphatic heterocycles. The van der Waals surface area contributed by atoms with Crippen LogP contribution >= 0.6 is 0 Å². The maximum atomic E-state index is 12.2. The molecule has 3 N–H and O–H groups in total. The van der Waals surface area contributed by atoms with Crippen LogP contribution in [0.4, 0.5) is 5.69 Å². The van der Waals surface area contributed by atoms with Gasteiger partial charge in [-0.3, -0.25) is 0 Å². The van der Waals surface area contributed by atoms with Gasteiger partial charge in [0, 0.05) is 6.54 Å². The lowest BCUT2D eigenvalue weighted by molar-refractivity contribution is 0.468. The molecule has 0 amide bonds. The molecule has 2 rings (SSSR count). The first-order valence-corrected chi connectivity index (χ1v) is 10.0. The monoisotopic (exact) mass is 362 g/mol. The zero-order valence-corrected chi connectivity index (χ0v) is 15.8. The van der Waals surface area contributed by atoms with Gasteiger partial charge in [-0.05, 0) is 42.2 Å². The van der Waals surface area contributed by atoms with E-state index in [1.807, 2.05) is 38.1 Å². The first-order valence-electron chi connectivity index (χ1n) is 8.50. The predicted molar refractivity (Wildman–Crippen MR) is 102 cm³/mol. The second kappa shape index (κ2) is 8.36. The minimum absolute atomic E-state index is 0.00144. The molecule has 0 atom stereocenters. The molecule has 0 saturated carbocycles. The average Bonchev–Trinajstić information content (AvgIpc) is 2.56. The summed E-state index contributed by atoms with van der Waals surface area (Å²) in [5.41, 5.74) is 1.54. The number of nitrogens with one attached hydrogen (secondary N) is 1. The molecule has 2 aromatic carbocycles. The molecule has 25 heavy (non-hydrogen) atoms. The van der Waals surface area contributed by atoms with E-state index in [1.165, 1.54) is 0 Å². The third-order valence-electron chi connectivity index (χ3n) is 3.86. The number of rotatable bonds is 8. The van der Waals surface area contributed by atoms with Crippen molar-refractivity contribution in [3.05, 3.63) is 48.0 Å². The number of unbranched alkanes of at least 4 members (excludes halogenated alkanes) is 1. The Bertz CT molecular complexity index is 803. The molecule has 6 heteroatoms. The normalized spacial score (nSPS) is 11.6. The fourth-order valence-corrected chi connectivity index (χ4v) is 3.12. The molecule has 0 heterocycles. The number of sulfonamides is 1. The molecule has 0 radical (unpaired) electrons. The highest BCUT2D eigenvalue weighted by atomic mass is 32.2. The van der Waals surface area contributed by atoms with Crippen molar-refractivity contribution in [1.82, 2.24) is 0 Å². The summed E-state index contributed by atoms with van der Waals surface area (Å²) >= 11 is 0. The third-order valence-corrected chi connectivity index (χ3v) is 4.78. The van der Waals surface area contributed by atoms with Crippen molar-refractivity contribution in [3.8, 4) is 11.5 Å². The lowest BCUT2D eigenvalue weighted by Crippen LogP contribution is -2.15. The second-order valence-electron chi connectivity index (χ2n) is 6.29. The lowest BCUT2D eigenvalue weighted by Gasteiger charge is -2.19. The number of anilines is 1. The van der Waals surface area contributed by atoms with E-state index in [1.54, 1.807) is 18.2 Å². The van der Waals surface area contributed by atoms with Crippen molar-refractivity contribution in [2.75, 3.05) is 11.9 Å². The molecular formula is C19H26N2O3S. The summed E-state index contributed by atoms with van der Waals surface area (Å²) < 4.78 is 30.3. The van der Waals surface area contributed by atoms with Crippen molar-refractivity contribution in [2.24, 2.45) is 5.14 Å². The quantitative estimate of drug-likeness (QED) is 0.679. The van der Waals surface area contributed by atoms with Crippen LogP contribution in [0, 0.1) is 0 Å². The summed E-state index contributed by atoms with van der Waals surface area (Å²) in [7, 11) is -3.93. The third kappa shape index (κ3) is 5.21. The minimum atomic E-state index is -3.93. The smallest absolute Gasteiger partial charge is 0.241 e. The Balaban J connectivity index is 2.57. The van der Waals surface area contributed by atoms with Crippen LogP contribution in [0.15, 0.2) is 47.4 Å². The Kier molecular flexibility index (Phi) is 6.45. The van der Waals surface area contributed by atoms with Crippen molar-refractivity contribution in [1.29, 1.82) is 0 Å². The van der Waals surface area contributed by atoms with Crippen molar-refractivity contribution in [2.45, 2.75) is 44.4 Å². The van der Waals surface area contributed by atoms with Crippen LogP contribution in [0.2, 0.25) is 0 Å². The molecule has 0 bridgehead atoms. The van der Waals surface area contributed by atoms with Crippen LogP contribution in [0.5, 0.6) is 11.5 Å². The van der Waals surface area contributed by atoms with E-state index in [2.05, 4.69) is 12.2 Å². The number of ether oxygens (including phenoxy) is 1. The van der Waals surface area contributed by atoms with Crippen LogP contribution in [0.3, 0.4) is 0 Å². The predicted octanol–water partition coefficient (Wildman–Crippen LogP) is 4.46. The van der Waals surface area contributed by atoms with Gasteiger partial charge < -0.3 is 10.1 Å². The number of nitrogens with two attached hydrogens (primary N) is 1. The maximum absolute atomic E-state index is 12.2. The Morgan fingerprint density at radius 1 is 1.16 bits per heavy atom. The largest absolute Gasteiger partial charge is 0.454 e. The van der Waals surface area contributed by atoms with E-state index >= 15 is 0 Å². The highest BCUT2D eigenvalue weighted by Gasteiger charge is 2.22. The summed E-state index contributed by atoms with van der Waals surface area (Å²) in [6, 6.07) is 12.6. The van der Waals surface area contributed by atoms with Gasteiger partial charge in [-0.2, -0.15) is 0 Å². The van der Waals surface area contributed by atoms with E-state index in [-0.39, 0.29) is 16.6 Å². The van der Waals surface area contributed by atoms with Gasteiger partial charge in [0.2, 0.25) is 10.0 Å². The molecule has 0 spiro atoms. The zero-order valence-electron chi connectivity index (χ0n) is 15.0. The molecule has 5 nitrogen and oxygen atoms in total. The standard InChI is InChI=1S/C19H26N2O3S/c1-4-5-11-21-17-12-15(14(2)3)13-18(25(20,22)23)19(17)24-16-9-7-6-8-10-16/h6-10,12-14,21H,4-5,11H2,1-3H3,(H2,20,22,23). The summed E-state index contributed by atoms with van der Waals surface area (Å²) in [6.45, 7) is 6.85. The lowest BCUT2D eigenvalue weighted by atomic mass is 10.0. The van der Waals surface area contributed by atoms with Crippen molar-refractivity contribution in [3.63, 3.8) is 0 Å². The van der Waals surface area contributed by atoms with Gasteiger partial charge in [0.15, 0.2) is 5.75 Å². The number of primary sulfonamides is 1. The van der Waals surface area contributed by atoms with Gasteiger partial charge >= 0.3 is 0 Å². The fourth-order valence-electron chi connectivity index (χ4n) is 2.41. The summed E-state index contributed by atoms with van der Waals surface area (Å²) in [6.07, 6.45) is 2.01. The summed E-state index contributed by atoms with van der Waals surface area (Å²) in [5, 5.41) is 8.77. The van der Waals surface area contributed by atoms with Crippen LogP contribution in [-0.2, 0) is 10.0 Å². The van der Waals surface area contributed by atoms with Gasteiger partial charge in [-0.25, -0.2) is 13.6 Å². The number of benzene rings is 2. The number of hydrogen-bond acceptors (Lipinski definition) is 4. The summed E-state index contributed by atoms with van der Waals surface area (Å²) in [4.78, 5) is 0.00144. The molecular weight excluding hydrogens is 336 g/mol. The van der Waals surface area contributed by atoms with Gasteiger partial charge in [0.25, 0.3) is 0 Å². The molecule has 0 saturated heterocycles. The Labute approximate surface area is 150 Å². The van der Waals surface area contributed by atoms with Crippen LogP contribution in [-0.4, -0.2) is 15.0 Å². The van der Waals surface area contributed by atoms with Crippen LogP contribution in [0.25, 0.3) is 0 Å². The highest BCUT2D eigenvalue weighted by Crippen LogP contribution is 2.38. The van der Waals surface area contributed by atoms with E-state index in [9.17, 15) is 8.42 Å². The van der Waals surface area contributed by atoms with Crippen LogP contribution in [0.1, 0.15) is 45.1 Å². The molecule has 0 aliphatic carbocycles. The van der Waals surface area contributed by atoms with E-state index in [4.69, 9.17) is 9.88 Å². The van der Waals surface area contributed by atoms with Crippen molar-refractivity contribution >= 4 is 15.7 Å². The minimum Gasteiger partial charge on any atom is -0.454 e. The number of hydrogen-bond donors (Lipinski definition) is 2. The van der Waals surface area contributed by atoms with E-state index in [0.29, 0.717) is 11.4 Å². The second-order valence-corrected chi connectivity index (χ2v) is 7.82. The van der Waals surface area contributed by atoms with Gasteiger partial charge in [0.05, 0.1) is 5.69 Å². The Hall–Kier alpha value is -2.05. The molecule has 0 aromatic heterocycles. The van der Waals surface area contributed by atoms with Gasteiger partial charge in [-0.1, -0.05) is 45.4 Å². The Morgan fingerprint density at radius 2 is 1.84 bits per heavy atom. The molecule has 136 valence electrons. The summed E-state index contributed by atoms with van der Waals surface area (Å²) in [5.74, 6) is 0.968. The number of para-hydroxylation sites is 1. The first kappa shape index (κ1) is 19.3. The zero-order chi connectivity index (χ0) is 18.4.